The van der Waals surface area contributed by atoms with E-state index < -0.39 is 11.9 Å². The first-order valence-corrected chi connectivity index (χ1v) is 11.2. The normalized spacial score (nSPS) is 11.0. The van der Waals surface area contributed by atoms with Crippen LogP contribution in [0.25, 0.3) is 33.5 Å². The molecule has 0 radical (unpaired) electrons. The number of hydrogen-bond donors (Lipinski definition) is 4. The number of aromatic amines is 2. The number of nitrogens with zero attached hydrogens (tertiary/aromatic N) is 2. The number of nitrogens with two attached hydrogens (primary N) is 1. The molecule has 0 aliphatic carbocycles. The topological polar surface area (TPSA) is 156 Å². The Morgan fingerprint density at radius 2 is 1.72 bits per heavy atom. The van der Waals surface area contributed by atoms with Gasteiger partial charge in [-0.3, -0.25) is 9.59 Å². The van der Waals surface area contributed by atoms with Gasteiger partial charge in [-0.25, -0.2) is 14.8 Å². The molecule has 0 saturated carbocycles. The minimum absolute atomic E-state index is 0.216. The van der Waals surface area contributed by atoms with Crippen molar-refractivity contribution >= 4 is 39.9 Å². The first-order valence-electron chi connectivity index (χ1n) is 11.2. The molecule has 0 atom stereocenters. The molecule has 0 spiro atoms. The predicted octanol–water partition coefficient (Wildman–Crippen LogP) is 2.96. The Morgan fingerprint density at radius 1 is 0.944 bits per heavy atom. The monoisotopic (exact) mass is 482 g/mol. The summed E-state index contributed by atoms with van der Waals surface area (Å²) in [6.07, 6.45) is 0.493. The highest BCUT2D eigenvalue weighted by atomic mass is 16.5. The number of primary amides is 1. The van der Waals surface area contributed by atoms with Crippen molar-refractivity contribution in [3.63, 3.8) is 0 Å². The van der Waals surface area contributed by atoms with Gasteiger partial charge in [-0.05, 0) is 42.5 Å². The molecule has 10 heteroatoms. The van der Waals surface area contributed by atoms with Gasteiger partial charge in [0.2, 0.25) is 0 Å². The highest BCUT2D eigenvalue weighted by Crippen LogP contribution is 2.23. The molecule has 10 nitrogen and oxygen atoms in total. The highest BCUT2D eigenvalue weighted by Gasteiger charge is 2.13. The number of methoxy groups -OCH3 is 1. The third-order valence-electron chi connectivity index (χ3n) is 5.80. The molecule has 2 amide bonds. The van der Waals surface area contributed by atoms with E-state index in [-0.39, 0.29) is 5.91 Å². The number of esters is 1. The number of hydrogen-bond acceptors (Lipinski definition) is 6. The molecule has 2 heterocycles. The van der Waals surface area contributed by atoms with E-state index in [9.17, 15) is 14.4 Å². The van der Waals surface area contributed by atoms with Gasteiger partial charge in [-0.2, -0.15) is 0 Å². The van der Waals surface area contributed by atoms with Crippen molar-refractivity contribution in [2.45, 2.75) is 6.42 Å². The van der Waals surface area contributed by atoms with Crippen LogP contribution in [-0.2, 0) is 11.2 Å². The van der Waals surface area contributed by atoms with E-state index in [4.69, 9.17) is 10.5 Å². The number of rotatable bonds is 7. The van der Waals surface area contributed by atoms with Crippen LogP contribution in [0, 0.1) is 0 Å². The lowest BCUT2D eigenvalue weighted by molar-refractivity contribution is 0.0600. The van der Waals surface area contributed by atoms with Gasteiger partial charge >= 0.3 is 5.97 Å². The second kappa shape index (κ2) is 9.34. The average molecular weight is 483 g/mol. The van der Waals surface area contributed by atoms with E-state index >= 15 is 0 Å². The van der Waals surface area contributed by atoms with Crippen LogP contribution in [0.2, 0.25) is 0 Å². The minimum atomic E-state index is -0.542. The van der Waals surface area contributed by atoms with Crippen LogP contribution in [0.3, 0.4) is 0 Å². The fourth-order valence-corrected chi connectivity index (χ4v) is 3.97. The zero-order valence-electron chi connectivity index (χ0n) is 19.3. The third kappa shape index (κ3) is 4.39. The summed E-state index contributed by atoms with van der Waals surface area (Å²) in [5.74, 6) is 0.0924. The molecular weight excluding hydrogens is 460 g/mol. The van der Waals surface area contributed by atoms with Crippen LogP contribution in [-0.4, -0.2) is 51.4 Å². The molecule has 0 saturated heterocycles. The Kier molecular flexibility index (Phi) is 5.91. The van der Waals surface area contributed by atoms with Gasteiger partial charge in [0.25, 0.3) is 11.8 Å². The van der Waals surface area contributed by atoms with Crippen molar-refractivity contribution in [3.05, 3.63) is 83.2 Å². The minimum Gasteiger partial charge on any atom is -0.465 e. The lowest BCUT2D eigenvalue weighted by Crippen LogP contribution is -2.25. The number of benzene rings is 3. The fraction of sp³-hybridized carbons (Fsp3) is 0.115. The average Bonchev–Trinajstić information content (AvgIpc) is 3.51. The SMILES string of the molecule is COC(=O)c1ccc2[nH]c(CCNC(=O)c3ccc(-c4nc5c(C(N)=O)cccc5[nH]4)cc3)nc2c1. The van der Waals surface area contributed by atoms with E-state index in [1.807, 2.05) is 6.07 Å². The number of H-pyrrole nitrogens is 2. The smallest absolute Gasteiger partial charge is 0.337 e. The molecule has 0 aliphatic rings. The number of para-hydroxylation sites is 1. The van der Waals surface area contributed by atoms with Crippen LogP contribution in [0.1, 0.15) is 36.9 Å². The standard InChI is InChI=1S/C26H22N6O4/c1-36-26(35)16-9-10-18-20(13-16)30-21(29-18)11-12-28-25(34)15-7-5-14(6-8-15)24-31-19-4-2-3-17(23(27)33)22(19)32-24/h2-10,13H,11-12H2,1H3,(H2,27,33)(H,28,34)(H,29,30)(H,31,32). The molecule has 36 heavy (non-hydrogen) atoms. The summed E-state index contributed by atoms with van der Waals surface area (Å²) in [7, 11) is 1.33. The molecule has 0 aliphatic heterocycles. The molecular formula is C26H22N6O4. The molecule has 2 aromatic heterocycles. The molecule has 0 unspecified atom stereocenters. The quantitative estimate of drug-likeness (QED) is 0.261. The predicted molar refractivity (Wildman–Crippen MR) is 134 cm³/mol. The van der Waals surface area contributed by atoms with Crippen molar-refractivity contribution in [1.82, 2.24) is 25.3 Å². The second-order valence-corrected chi connectivity index (χ2v) is 8.14. The van der Waals surface area contributed by atoms with Gasteiger partial charge in [0, 0.05) is 24.1 Å². The Bertz CT molecular complexity index is 1620. The van der Waals surface area contributed by atoms with Gasteiger partial charge in [0.1, 0.15) is 17.2 Å². The lowest BCUT2D eigenvalue weighted by Gasteiger charge is -2.05. The number of imidazole rings is 2. The van der Waals surface area contributed by atoms with Gasteiger partial charge in [-0.15, -0.1) is 0 Å². The van der Waals surface area contributed by atoms with E-state index in [2.05, 4.69) is 25.3 Å². The summed E-state index contributed by atoms with van der Waals surface area (Å²) in [6, 6.07) is 17.3. The summed E-state index contributed by atoms with van der Waals surface area (Å²) in [5.41, 5.74) is 10.2. The number of aromatic nitrogens is 4. The fourth-order valence-electron chi connectivity index (χ4n) is 3.97. The van der Waals surface area contributed by atoms with E-state index in [0.29, 0.717) is 57.9 Å². The number of amides is 2. The lowest BCUT2D eigenvalue weighted by atomic mass is 10.1. The summed E-state index contributed by atoms with van der Waals surface area (Å²) < 4.78 is 4.74. The summed E-state index contributed by atoms with van der Waals surface area (Å²) in [5, 5.41) is 2.88. The molecule has 0 bridgehead atoms. The van der Waals surface area contributed by atoms with Crippen LogP contribution < -0.4 is 11.1 Å². The third-order valence-corrected chi connectivity index (χ3v) is 5.80. The van der Waals surface area contributed by atoms with Crippen LogP contribution in [0.4, 0.5) is 0 Å². The number of nitrogens with one attached hydrogen (secondary N) is 3. The number of carbonyl (C=O) groups excluding carboxylic acids is 3. The molecule has 0 fully saturated rings. The Morgan fingerprint density at radius 3 is 2.47 bits per heavy atom. The van der Waals surface area contributed by atoms with Crippen molar-refractivity contribution in [3.8, 4) is 11.4 Å². The summed E-state index contributed by atoms with van der Waals surface area (Å²) >= 11 is 0. The summed E-state index contributed by atoms with van der Waals surface area (Å²) in [4.78, 5) is 51.3. The van der Waals surface area contributed by atoms with Crippen molar-refractivity contribution < 1.29 is 19.1 Å². The van der Waals surface area contributed by atoms with E-state index in [1.54, 1.807) is 54.6 Å². The maximum atomic E-state index is 12.6. The zero-order valence-corrected chi connectivity index (χ0v) is 19.3. The first-order chi connectivity index (χ1) is 17.4. The van der Waals surface area contributed by atoms with Crippen LogP contribution in [0.5, 0.6) is 0 Å². The van der Waals surface area contributed by atoms with Gasteiger partial charge < -0.3 is 25.8 Å². The van der Waals surface area contributed by atoms with Crippen molar-refractivity contribution in [2.24, 2.45) is 5.73 Å². The van der Waals surface area contributed by atoms with Gasteiger partial charge in [0.05, 0.1) is 34.8 Å². The maximum Gasteiger partial charge on any atom is 0.337 e. The Labute approximate surface area is 204 Å². The number of fused-ring (bicyclic) bond motifs is 2. The Hall–Kier alpha value is -4.99. The zero-order chi connectivity index (χ0) is 25.2. The largest absolute Gasteiger partial charge is 0.465 e. The number of carbonyl (C=O) groups is 3. The van der Waals surface area contributed by atoms with Crippen LogP contribution in [0.15, 0.2) is 60.7 Å². The summed E-state index contributed by atoms with van der Waals surface area (Å²) in [6.45, 7) is 0.379. The van der Waals surface area contributed by atoms with Crippen molar-refractivity contribution in [2.75, 3.05) is 13.7 Å². The van der Waals surface area contributed by atoms with Crippen molar-refractivity contribution in [1.29, 1.82) is 0 Å². The second-order valence-electron chi connectivity index (χ2n) is 8.14. The Balaban J connectivity index is 1.23. The molecule has 5 aromatic rings. The van der Waals surface area contributed by atoms with Gasteiger partial charge in [0.15, 0.2) is 0 Å². The molecule has 5 rings (SSSR count). The van der Waals surface area contributed by atoms with Gasteiger partial charge in [-0.1, -0.05) is 18.2 Å². The highest BCUT2D eigenvalue weighted by molar-refractivity contribution is 6.04. The molecule has 5 N–H and O–H groups in total. The maximum absolute atomic E-state index is 12.6. The first kappa shape index (κ1) is 22.8. The molecule has 180 valence electrons. The number of ether oxygens (including phenoxy) is 1. The van der Waals surface area contributed by atoms with E-state index in [0.717, 1.165) is 11.1 Å². The van der Waals surface area contributed by atoms with Crippen LogP contribution >= 0.6 is 0 Å². The molecule has 3 aromatic carbocycles. The van der Waals surface area contributed by atoms with E-state index in [1.165, 1.54) is 7.11 Å².